The summed E-state index contributed by atoms with van der Waals surface area (Å²) >= 11 is 0. The van der Waals surface area contributed by atoms with E-state index in [1.54, 1.807) is 0 Å². The third kappa shape index (κ3) is 2.16. The highest BCUT2D eigenvalue weighted by Crippen LogP contribution is 2.33. The summed E-state index contributed by atoms with van der Waals surface area (Å²) in [7, 11) is 0. The van der Waals surface area contributed by atoms with Crippen LogP contribution in [0.15, 0.2) is 24.3 Å². The maximum atomic E-state index is 5.61. The average Bonchev–Trinajstić information content (AvgIpc) is 2.90. The molecular weight excluding hydrogens is 248 g/mol. The monoisotopic (exact) mass is 268 g/mol. The number of nitrogens with two attached hydrogens (primary N) is 1. The summed E-state index contributed by atoms with van der Waals surface area (Å²) in [6.07, 6.45) is 2.92. The van der Waals surface area contributed by atoms with Crippen molar-refractivity contribution in [3.63, 3.8) is 0 Å². The van der Waals surface area contributed by atoms with Gasteiger partial charge in [-0.15, -0.1) is 0 Å². The van der Waals surface area contributed by atoms with Gasteiger partial charge in [0.25, 0.3) is 0 Å². The van der Waals surface area contributed by atoms with Gasteiger partial charge in [0.15, 0.2) is 0 Å². The van der Waals surface area contributed by atoms with Gasteiger partial charge in [-0.2, -0.15) is 0 Å². The molecule has 1 aromatic heterocycles. The van der Waals surface area contributed by atoms with Gasteiger partial charge in [0, 0.05) is 17.2 Å². The van der Waals surface area contributed by atoms with Gasteiger partial charge >= 0.3 is 0 Å². The van der Waals surface area contributed by atoms with Crippen LogP contribution in [0.4, 0.5) is 5.82 Å². The molecule has 0 saturated carbocycles. The zero-order valence-corrected chi connectivity index (χ0v) is 12.0. The molecule has 2 aromatic rings. The first-order chi connectivity index (χ1) is 9.72. The standard InChI is InChI=1S/C16H20N4/c1-3-14-10(2)18-15(19-16(14)20-17)13-8-11-6-4-5-7-12(11)9-13/h4-7,13H,3,8-9,17H2,1-2H3,(H,18,19,20). The summed E-state index contributed by atoms with van der Waals surface area (Å²) in [5.74, 6) is 7.65. The van der Waals surface area contributed by atoms with Crippen molar-refractivity contribution < 1.29 is 0 Å². The number of nitrogens with one attached hydrogen (secondary N) is 1. The lowest BCUT2D eigenvalue weighted by Crippen LogP contribution is -2.16. The molecule has 1 aliphatic carbocycles. The van der Waals surface area contributed by atoms with Crippen molar-refractivity contribution in [3.05, 3.63) is 52.5 Å². The molecule has 0 aliphatic heterocycles. The van der Waals surface area contributed by atoms with Crippen LogP contribution in [0.2, 0.25) is 0 Å². The largest absolute Gasteiger partial charge is 0.308 e. The van der Waals surface area contributed by atoms with E-state index in [2.05, 4.69) is 41.6 Å². The highest BCUT2D eigenvalue weighted by atomic mass is 15.3. The van der Waals surface area contributed by atoms with Crippen LogP contribution in [0.1, 0.15) is 41.1 Å². The fourth-order valence-electron chi connectivity index (χ4n) is 3.08. The summed E-state index contributed by atoms with van der Waals surface area (Å²) < 4.78 is 0. The molecule has 0 saturated heterocycles. The first-order valence-electron chi connectivity index (χ1n) is 7.13. The molecule has 0 atom stereocenters. The predicted octanol–water partition coefficient (Wildman–Crippen LogP) is 2.52. The molecule has 1 aromatic carbocycles. The Labute approximate surface area is 119 Å². The molecular formula is C16H20N4. The van der Waals surface area contributed by atoms with E-state index in [-0.39, 0.29) is 0 Å². The van der Waals surface area contributed by atoms with Crippen molar-refractivity contribution >= 4 is 5.82 Å². The third-order valence-corrected chi connectivity index (χ3v) is 4.14. The summed E-state index contributed by atoms with van der Waals surface area (Å²) in [5, 5.41) is 0. The Hall–Kier alpha value is -1.94. The number of aromatic nitrogens is 2. The quantitative estimate of drug-likeness (QED) is 0.663. The lowest BCUT2D eigenvalue weighted by molar-refractivity contribution is 0.675. The van der Waals surface area contributed by atoms with Crippen LogP contribution in [-0.2, 0) is 19.3 Å². The second-order valence-corrected chi connectivity index (χ2v) is 5.37. The Kier molecular flexibility index (Phi) is 3.40. The first-order valence-corrected chi connectivity index (χ1v) is 7.13. The van der Waals surface area contributed by atoms with E-state index in [0.29, 0.717) is 5.92 Å². The van der Waals surface area contributed by atoms with Crippen LogP contribution in [0.3, 0.4) is 0 Å². The minimum atomic E-state index is 0.365. The number of aryl methyl sites for hydroxylation is 1. The van der Waals surface area contributed by atoms with Crippen LogP contribution in [0.5, 0.6) is 0 Å². The van der Waals surface area contributed by atoms with E-state index in [9.17, 15) is 0 Å². The van der Waals surface area contributed by atoms with Crippen molar-refractivity contribution in [2.45, 2.75) is 39.0 Å². The van der Waals surface area contributed by atoms with Crippen molar-refractivity contribution in [2.24, 2.45) is 5.84 Å². The van der Waals surface area contributed by atoms with Gasteiger partial charge in [-0.1, -0.05) is 31.2 Å². The zero-order chi connectivity index (χ0) is 14.1. The molecule has 0 radical (unpaired) electrons. The van der Waals surface area contributed by atoms with Crippen molar-refractivity contribution in [1.82, 2.24) is 9.97 Å². The number of nitrogens with zero attached hydrogens (tertiary/aromatic N) is 2. The van der Waals surface area contributed by atoms with E-state index in [1.165, 1.54) is 11.1 Å². The Morgan fingerprint density at radius 2 is 1.85 bits per heavy atom. The van der Waals surface area contributed by atoms with Crippen molar-refractivity contribution in [3.8, 4) is 0 Å². The second-order valence-electron chi connectivity index (χ2n) is 5.37. The zero-order valence-electron chi connectivity index (χ0n) is 12.0. The van der Waals surface area contributed by atoms with Gasteiger partial charge in [-0.05, 0) is 37.3 Å². The number of hydrazine groups is 1. The van der Waals surface area contributed by atoms with E-state index < -0.39 is 0 Å². The smallest absolute Gasteiger partial charge is 0.147 e. The van der Waals surface area contributed by atoms with E-state index in [1.807, 2.05) is 6.92 Å². The van der Waals surface area contributed by atoms with Crippen molar-refractivity contribution in [2.75, 3.05) is 5.43 Å². The summed E-state index contributed by atoms with van der Waals surface area (Å²) in [5.41, 5.74) is 7.69. The van der Waals surface area contributed by atoms with Crippen LogP contribution >= 0.6 is 0 Å². The Balaban J connectivity index is 1.95. The molecule has 4 heteroatoms. The van der Waals surface area contributed by atoms with Crippen LogP contribution < -0.4 is 11.3 Å². The summed E-state index contributed by atoms with van der Waals surface area (Å²) in [6.45, 7) is 4.13. The first kappa shape index (κ1) is 13.1. The maximum Gasteiger partial charge on any atom is 0.147 e. The van der Waals surface area contributed by atoms with E-state index in [0.717, 1.165) is 42.2 Å². The number of hydrogen-bond acceptors (Lipinski definition) is 4. The molecule has 104 valence electrons. The Morgan fingerprint density at radius 3 is 2.40 bits per heavy atom. The van der Waals surface area contributed by atoms with Gasteiger partial charge in [0.2, 0.25) is 0 Å². The molecule has 0 fully saturated rings. The predicted molar refractivity (Wildman–Crippen MR) is 80.5 cm³/mol. The molecule has 0 amide bonds. The number of rotatable bonds is 3. The van der Waals surface area contributed by atoms with Gasteiger partial charge in [-0.25, -0.2) is 15.8 Å². The average molecular weight is 268 g/mol. The summed E-state index contributed by atoms with van der Waals surface area (Å²) in [4.78, 5) is 9.35. The fourth-order valence-corrected chi connectivity index (χ4v) is 3.08. The molecule has 1 aliphatic rings. The minimum Gasteiger partial charge on any atom is -0.308 e. The van der Waals surface area contributed by atoms with Gasteiger partial charge < -0.3 is 5.43 Å². The molecule has 3 N–H and O–H groups in total. The van der Waals surface area contributed by atoms with Gasteiger partial charge in [0.05, 0.1) is 0 Å². The molecule has 0 spiro atoms. The van der Waals surface area contributed by atoms with E-state index >= 15 is 0 Å². The molecule has 20 heavy (non-hydrogen) atoms. The highest BCUT2D eigenvalue weighted by Gasteiger charge is 2.25. The van der Waals surface area contributed by atoms with Crippen LogP contribution in [-0.4, -0.2) is 9.97 Å². The third-order valence-electron chi connectivity index (χ3n) is 4.14. The minimum absolute atomic E-state index is 0.365. The Morgan fingerprint density at radius 1 is 1.20 bits per heavy atom. The van der Waals surface area contributed by atoms with E-state index in [4.69, 9.17) is 10.8 Å². The van der Waals surface area contributed by atoms with Crippen molar-refractivity contribution in [1.29, 1.82) is 0 Å². The van der Waals surface area contributed by atoms with Crippen LogP contribution in [0, 0.1) is 6.92 Å². The SMILES string of the molecule is CCc1c(C)nc(C2Cc3ccccc3C2)nc1NN. The lowest BCUT2D eigenvalue weighted by atomic mass is 10.0. The summed E-state index contributed by atoms with van der Waals surface area (Å²) in [6, 6.07) is 8.59. The number of benzene rings is 1. The second kappa shape index (κ2) is 5.21. The topological polar surface area (TPSA) is 63.8 Å². The number of nitrogen functional groups attached to an aromatic ring is 1. The lowest BCUT2D eigenvalue weighted by Gasteiger charge is -2.14. The normalized spacial score (nSPS) is 14.3. The highest BCUT2D eigenvalue weighted by molar-refractivity contribution is 5.46. The number of hydrogen-bond donors (Lipinski definition) is 2. The molecule has 0 bridgehead atoms. The Bertz CT molecular complexity index is 611. The van der Waals surface area contributed by atoms with Gasteiger partial charge in [-0.3, -0.25) is 0 Å². The van der Waals surface area contributed by atoms with Gasteiger partial charge in [0.1, 0.15) is 11.6 Å². The molecule has 3 rings (SSSR count). The molecule has 0 unspecified atom stereocenters. The molecule has 1 heterocycles. The fraction of sp³-hybridized carbons (Fsp3) is 0.375. The number of fused-ring (bicyclic) bond motifs is 1. The van der Waals surface area contributed by atoms with Crippen LogP contribution in [0.25, 0.3) is 0 Å². The number of anilines is 1. The maximum absolute atomic E-state index is 5.61. The molecule has 4 nitrogen and oxygen atoms in total.